The lowest BCUT2D eigenvalue weighted by Gasteiger charge is -2.43. The van der Waals surface area contributed by atoms with Crippen LogP contribution in [0, 0.1) is 35.5 Å². The number of aliphatic hydroxyl groups excluding tert-OH is 1. The number of carbonyl (C=O) groups is 5. The summed E-state index contributed by atoms with van der Waals surface area (Å²) in [6.45, 7) is 19.8. The average Bonchev–Trinajstić information content (AvgIpc) is 3.44. The molecule has 78 heavy (non-hydrogen) atoms. The van der Waals surface area contributed by atoms with Crippen molar-refractivity contribution in [3.05, 3.63) is 47.6 Å². The van der Waals surface area contributed by atoms with Crippen LogP contribution in [0.3, 0.4) is 0 Å². The third kappa shape index (κ3) is 18.8. The largest absolute Gasteiger partial charge is 0.460 e. The molecule has 4 heterocycles. The van der Waals surface area contributed by atoms with Crippen LogP contribution in [0.2, 0.25) is 0 Å². The fraction of sp³-hybridized carbons (Fsp3) is 0.787. The van der Waals surface area contributed by atoms with E-state index in [1.54, 1.807) is 41.1 Å². The zero-order valence-corrected chi connectivity index (χ0v) is 49.1. The van der Waals surface area contributed by atoms with Crippen molar-refractivity contribution in [3.63, 3.8) is 0 Å². The molecule has 442 valence electrons. The molecule has 5 aliphatic rings. The summed E-state index contributed by atoms with van der Waals surface area (Å²) in [6.07, 6.45) is 13.5. The van der Waals surface area contributed by atoms with Crippen LogP contribution >= 0.6 is 0 Å². The lowest BCUT2D eigenvalue weighted by molar-refractivity contribution is -0.266. The van der Waals surface area contributed by atoms with Crippen molar-refractivity contribution in [3.8, 4) is 0 Å². The zero-order valence-electron chi connectivity index (χ0n) is 49.1. The first-order valence-corrected chi connectivity index (χ1v) is 29.2. The van der Waals surface area contributed by atoms with Crippen molar-refractivity contribution in [1.29, 1.82) is 0 Å². The predicted octanol–water partition coefficient (Wildman–Crippen LogP) is 7.33. The van der Waals surface area contributed by atoms with Gasteiger partial charge in [0.05, 0.1) is 50.3 Å². The van der Waals surface area contributed by atoms with E-state index in [-0.39, 0.29) is 80.0 Å². The van der Waals surface area contributed by atoms with E-state index in [1.807, 2.05) is 58.1 Å². The third-order valence-corrected chi connectivity index (χ3v) is 17.1. The van der Waals surface area contributed by atoms with Crippen LogP contribution in [0.15, 0.2) is 47.6 Å². The normalized spacial score (nSPS) is 38.1. The topological polar surface area (TPSA) is 206 Å². The quantitative estimate of drug-likeness (QED) is 0.0756. The second kappa shape index (κ2) is 32.2. The van der Waals surface area contributed by atoms with Crippen molar-refractivity contribution in [2.75, 3.05) is 73.9 Å². The van der Waals surface area contributed by atoms with Crippen LogP contribution in [-0.2, 0) is 61.9 Å². The Morgan fingerprint density at radius 1 is 0.821 bits per heavy atom. The first kappa shape index (κ1) is 65.3. The molecule has 1 unspecified atom stereocenters. The number of nitrogens with zero attached hydrogens (tertiary/aromatic N) is 2. The van der Waals surface area contributed by atoms with Crippen molar-refractivity contribution in [2.45, 2.75) is 200 Å². The van der Waals surface area contributed by atoms with Crippen molar-refractivity contribution < 1.29 is 72.1 Å². The van der Waals surface area contributed by atoms with Crippen molar-refractivity contribution in [1.82, 2.24) is 9.80 Å². The highest BCUT2D eigenvalue weighted by Crippen LogP contribution is 2.38. The number of aliphatic hydroxyl groups is 2. The monoisotopic (exact) mass is 1100 g/mol. The Hall–Kier alpha value is -3.49. The number of ketones is 3. The van der Waals surface area contributed by atoms with Gasteiger partial charge < -0.3 is 53.0 Å². The molecular formula is C61H98N2O15. The molecular weight excluding hydrogens is 1000 g/mol. The average molecular weight is 1100 g/mol. The van der Waals surface area contributed by atoms with E-state index in [4.69, 9.17) is 37.9 Å². The fourth-order valence-electron chi connectivity index (χ4n) is 12.1. The van der Waals surface area contributed by atoms with Crippen LogP contribution in [0.1, 0.15) is 139 Å². The molecule has 2 bridgehead atoms. The summed E-state index contributed by atoms with van der Waals surface area (Å²) in [5.41, 5.74) is 1.26. The Balaban J connectivity index is 1.41. The number of rotatable bonds is 14. The van der Waals surface area contributed by atoms with Crippen LogP contribution < -0.4 is 0 Å². The Kier molecular flexibility index (Phi) is 27.0. The number of Topliss-reactive ketones (excluding diaryl/α,β-unsaturated/α-hetero) is 3. The lowest BCUT2D eigenvalue weighted by atomic mass is 9.78. The Morgan fingerprint density at radius 2 is 1.59 bits per heavy atom. The van der Waals surface area contributed by atoms with Gasteiger partial charge in [0.15, 0.2) is 5.78 Å². The zero-order chi connectivity index (χ0) is 57.1. The van der Waals surface area contributed by atoms with Gasteiger partial charge in [-0.3, -0.25) is 24.1 Å². The van der Waals surface area contributed by atoms with Gasteiger partial charge in [-0.25, -0.2) is 4.79 Å². The summed E-state index contributed by atoms with van der Waals surface area (Å²) in [4.78, 5) is 75.6. The summed E-state index contributed by atoms with van der Waals surface area (Å²) in [5.74, 6) is -7.94. The van der Waals surface area contributed by atoms with Gasteiger partial charge >= 0.3 is 5.97 Å². The van der Waals surface area contributed by atoms with Crippen LogP contribution in [0.25, 0.3) is 0 Å². The van der Waals surface area contributed by atoms with E-state index in [1.165, 1.54) is 12.0 Å². The summed E-state index contributed by atoms with van der Waals surface area (Å²) >= 11 is 0. The Morgan fingerprint density at radius 3 is 2.31 bits per heavy atom. The number of hydrogen-bond donors (Lipinski definition) is 2. The molecule has 1 aliphatic carbocycles. The number of hydrogen-bond acceptors (Lipinski definition) is 16. The molecule has 0 aromatic carbocycles. The number of amides is 1. The minimum atomic E-state index is -2.46. The maximum atomic E-state index is 14.7. The number of methoxy groups -OCH3 is 3. The Labute approximate surface area is 466 Å². The smallest absolute Gasteiger partial charge is 0.329 e. The molecule has 0 spiro atoms. The SMILES string of the molecule is COCCO[C@H]1C[C@@H]2CC[C@@H](C)[C@@](O)(O2)C(=O)C(=O)N2CCCC[C@H]2C(=O)O[C@H](C(C)C[C@@H]2CC[C@@H](OCCCN3CCO[C@@H](C)C3)[C@H](OC)C2)CC(=O)[C@H](C)/C=C(\C)[C@@H](O)[C@@H](OC)C(=O)[C@H](C)C[C@H](C)/C=C/C=C/C=C/1C. The molecule has 0 aromatic heterocycles. The molecule has 16 atom stereocenters. The molecule has 17 heteroatoms. The number of carbonyl (C=O) groups excluding carboxylic acids is 5. The molecule has 4 fully saturated rings. The number of cyclic esters (lactones) is 1. The third-order valence-electron chi connectivity index (χ3n) is 17.1. The van der Waals surface area contributed by atoms with E-state index >= 15 is 0 Å². The van der Waals surface area contributed by atoms with E-state index in [2.05, 4.69) is 11.8 Å². The van der Waals surface area contributed by atoms with Crippen molar-refractivity contribution >= 4 is 29.2 Å². The van der Waals surface area contributed by atoms with Crippen LogP contribution in [0.5, 0.6) is 0 Å². The maximum absolute atomic E-state index is 14.7. The predicted molar refractivity (Wildman–Crippen MR) is 296 cm³/mol. The van der Waals surface area contributed by atoms with Gasteiger partial charge in [0.1, 0.15) is 30.1 Å². The summed E-state index contributed by atoms with van der Waals surface area (Å²) in [6, 6.07) is -1.15. The van der Waals surface area contributed by atoms with E-state index < -0.39 is 77.8 Å². The van der Waals surface area contributed by atoms with Crippen LogP contribution in [0.4, 0.5) is 0 Å². The van der Waals surface area contributed by atoms with Crippen molar-refractivity contribution in [2.24, 2.45) is 35.5 Å². The number of morpholine rings is 1. The standard InChI is InChI=1S/C61H98N2O15/c1-39-18-13-12-14-19-40(2)52(76-31-30-71-9)36-48-23-21-45(7)61(70,78-48)58(67)59(68)63-26-16-15-20-49(63)60(69)77-53(37-50(64)41(3)33-44(6)56(66)57(73-11)55(65)43(5)32-39)42(4)34-47-22-24-51(54(35-47)72-10)75-28-17-25-62-27-29-74-46(8)38-62/h12-14,18-19,33,39,41-43,45-49,51-54,56-57,66,70H,15-17,20-32,34-38H2,1-11H3/b14-12+,18-13+,40-19+,44-33+/t39-,41-,42?,43-,45-,46+,47+,48+,49+,51-,52+,53+,54-,56-,57+,61-/m1/s1. The van der Waals surface area contributed by atoms with Gasteiger partial charge in [-0.2, -0.15) is 0 Å². The number of fused-ring (bicyclic) bond motifs is 3. The molecule has 0 radical (unpaired) electrons. The van der Waals surface area contributed by atoms with Crippen LogP contribution in [-0.4, -0.2) is 184 Å². The molecule has 1 saturated carbocycles. The number of piperidine rings is 1. The number of ether oxygens (including phenoxy) is 8. The van der Waals surface area contributed by atoms with Gasteiger partial charge in [-0.1, -0.05) is 71.1 Å². The number of allylic oxidation sites excluding steroid dienone is 6. The molecule has 2 N–H and O–H groups in total. The fourth-order valence-corrected chi connectivity index (χ4v) is 12.1. The lowest BCUT2D eigenvalue weighted by Crippen LogP contribution is -2.61. The first-order valence-electron chi connectivity index (χ1n) is 29.2. The summed E-state index contributed by atoms with van der Waals surface area (Å²) < 4.78 is 48.0. The Bertz CT molecular complexity index is 2060. The van der Waals surface area contributed by atoms with E-state index in [9.17, 15) is 34.2 Å². The second-order valence-corrected chi connectivity index (χ2v) is 23.4. The molecule has 4 aliphatic heterocycles. The molecule has 1 amide bonds. The number of esters is 1. The molecule has 0 aromatic rings. The first-order chi connectivity index (χ1) is 37.2. The minimum Gasteiger partial charge on any atom is -0.460 e. The highest BCUT2D eigenvalue weighted by Gasteiger charge is 2.53. The molecule has 3 saturated heterocycles. The maximum Gasteiger partial charge on any atom is 0.329 e. The summed E-state index contributed by atoms with van der Waals surface area (Å²) in [7, 11) is 4.68. The van der Waals surface area contributed by atoms with Gasteiger partial charge in [-0.05, 0) is 120 Å². The molecule has 17 nitrogen and oxygen atoms in total. The summed E-state index contributed by atoms with van der Waals surface area (Å²) in [5, 5.41) is 23.8. The van der Waals surface area contributed by atoms with Gasteiger partial charge in [0, 0.05) is 84.7 Å². The van der Waals surface area contributed by atoms with E-state index in [0.29, 0.717) is 57.3 Å². The molecule has 5 rings (SSSR count). The van der Waals surface area contributed by atoms with E-state index in [0.717, 1.165) is 57.5 Å². The highest BCUT2D eigenvalue weighted by atomic mass is 16.6. The minimum absolute atomic E-state index is 0.00343. The second-order valence-electron chi connectivity index (χ2n) is 23.4. The highest BCUT2D eigenvalue weighted by molar-refractivity contribution is 6.39. The van der Waals surface area contributed by atoms with Gasteiger partial charge in [0.2, 0.25) is 5.79 Å². The van der Waals surface area contributed by atoms with Gasteiger partial charge in [0.25, 0.3) is 11.7 Å². The van der Waals surface area contributed by atoms with Gasteiger partial charge in [-0.15, -0.1) is 0 Å².